The van der Waals surface area contributed by atoms with Crippen LogP contribution in [-0.2, 0) is 13.1 Å². The van der Waals surface area contributed by atoms with Gasteiger partial charge in [0.25, 0.3) is 0 Å². The van der Waals surface area contributed by atoms with Gasteiger partial charge in [0.15, 0.2) is 5.82 Å². The van der Waals surface area contributed by atoms with Gasteiger partial charge in [-0.3, -0.25) is 9.48 Å². The Morgan fingerprint density at radius 3 is 2.96 bits per heavy atom. The van der Waals surface area contributed by atoms with Gasteiger partial charge in [-0.2, -0.15) is 10.1 Å². The number of thiophene rings is 1. The number of amides is 1. The third-order valence-corrected chi connectivity index (χ3v) is 5.27. The lowest BCUT2D eigenvalue weighted by molar-refractivity contribution is 0.0907. The normalized spacial score (nSPS) is 10.9. The predicted molar refractivity (Wildman–Crippen MR) is 88.3 cm³/mol. The SMILES string of the molecule is Cc1nn(Cc2noc(C(=O)NCc3cccs3)n2)c(C)c1Br. The second-order valence-corrected chi connectivity index (χ2v) is 6.75. The minimum atomic E-state index is -0.383. The molecule has 0 radical (unpaired) electrons. The van der Waals surface area contributed by atoms with E-state index in [1.807, 2.05) is 31.4 Å². The summed E-state index contributed by atoms with van der Waals surface area (Å²) in [5.74, 6) is -0.0202. The van der Waals surface area contributed by atoms with Crippen LogP contribution >= 0.6 is 27.3 Å². The van der Waals surface area contributed by atoms with Gasteiger partial charge in [-0.05, 0) is 41.2 Å². The van der Waals surface area contributed by atoms with Crippen LogP contribution in [0, 0.1) is 13.8 Å². The average Bonchev–Trinajstić information content (AvgIpc) is 3.25. The van der Waals surface area contributed by atoms with Crippen molar-refractivity contribution in [1.82, 2.24) is 25.2 Å². The lowest BCUT2D eigenvalue weighted by Crippen LogP contribution is -2.22. The minimum Gasteiger partial charge on any atom is -0.343 e. The Morgan fingerprint density at radius 1 is 1.48 bits per heavy atom. The minimum absolute atomic E-state index is 0.0443. The summed E-state index contributed by atoms with van der Waals surface area (Å²) in [5, 5.41) is 12.9. The number of hydrogen-bond donors (Lipinski definition) is 1. The topological polar surface area (TPSA) is 85.8 Å². The van der Waals surface area contributed by atoms with Gasteiger partial charge in [0.05, 0.1) is 22.4 Å². The molecular formula is C14H14BrN5O2S. The number of carbonyl (C=O) groups is 1. The first kappa shape index (κ1) is 15.9. The summed E-state index contributed by atoms with van der Waals surface area (Å²) < 4.78 is 7.74. The largest absolute Gasteiger partial charge is 0.343 e. The number of nitrogens with one attached hydrogen (secondary N) is 1. The fraction of sp³-hybridized carbons (Fsp3) is 0.286. The first-order chi connectivity index (χ1) is 11.0. The van der Waals surface area contributed by atoms with E-state index in [9.17, 15) is 4.79 Å². The molecule has 0 aliphatic carbocycles. The van der Waals surface area contributed by atoms with E-state index in [-0.39, 0.29) is 11.8 Å². The number of halogens is 1. The standard InChI is InChI=1S/C14H14BrN5O2S/c1-8-12(15)9(2)20(18-8)7-11-17-14(22-19-11)13(21)16-6-10-4-3-5-23-10/h3-5H,6-7H2,1-2H3,(H,16,21). The molecule has 3 heterocycles. The van der Waals surface area contributed by atoms with Crippen molar-refractivity contribution in [3.8, 4) is 0 Å². The molecule has 0 saturated carbocycles. The van der Waals surface area contributed by atoms with E-state index in [2.05, 4.69) is 36.5 Å². The van der Waals surface area contributed by atoms with Crippen molar-refractivity contribution in [2.45, 2.75) is 26.9 Å². The van der Waals surface area contributed by atoms with Crippen molar-refractivity contribution in [2.24, 2.45) is 0 Å². The molecule has 0 aliphatic rings. The number of rotatable bonds is 5. The zero-order valence-electron chi connectivity index (χ0n) is 12.5. The first-order valence-corrected chi connectivity index (χ1v) is 8.54. The van der Waals surface area contributed by atoms with Crippen LogP contribution in [-0.4, -0.2) is 25.8 Å². The van der Waals surface area contributed by atoms with E-state index in [0.717, 1.165) is 20.7 Å². The van der Waals surface area contributed by atoms with E-state index in [1.165, 1.54) is 0 Å². The van der Waals surface area contributed by atoms with Crippen molar-refractivity contribution >= 4 is 33.2 Å². The maximum Gasteiger partial charge on any atom is 0.316 e. The van der Waals surface area contributed by atoms with Crippen LogP contribution in [0.1, 0.15) is 32.8 Å². The monoisotopic (exact) mass is 395 g/mol. The molecule has 0 spiro atoms. The van der Waals surface area contributed by atoms with Crippen LogP contribution in [0.25, 0.3) is 0 Å². The first-order valence-electron chi connectivity index (χ1n) is 6.87. The van der Waals surface area contributed by atoms with Crippen molar-refractivity contribution in [3.05, 3.63) is 50.0 Å². The summed E-state index contributed by atoms with van der Waals surface area (Å²) in [4.78, 5) is 17.2. The summed E-state index contributed by atoms with van der Waals surface area (Å²) in [5.41, 5.74) is 1.86. The molecule has 0 bridgehead atoms. The molecule has 120 valence electrons. The molecule has 0 fully saturated rings. The summed E-state index contributed by atoms with van der Waals surface area (Å²) in [6.07, 6.45) is 0. The molecule has 7 nitrogen and oxygen atoms in total. The lowest BCUT2D eigenvalue weighted by atomic mass is 10.4. The number of aryl methyl sites for hydroxylation is 1. The highest BCUT2D eigenvalue weighted by atomic mass is 79.9. The molecule has 3 aromatic rings. The van der Waals surface area contributed by atoms with Crippen LogP contribution in [0.15, 0.2) is 26.5 Å². The predicted octanol–water partition coefficient (Wildman–Crippen LogP) is 2.69. The fourth-order valence-corrected chi connectivity index (χ4v) is 2.96. The van der Waals surface area contributed by atoms with Gasteiger partial charge in [0, 0.05) is 4.88 Å². The van der Waals surface area contributed by atoms with Crippen LogP contribution in [0.4, 0.5) is 0 Å². The van der Waals surface area contributed by atoms with E-state index < -0.39 is 0 Å². The lowest BCUT2D eigenvalue weighted by Gasteiger charge is -1.99. The number of carbonyl (C=O) groups excluding carboxylic acids is 1. The van der Waals surface area contributed by atoms with Gasteiger partial charge < -0.3 is 9.84 Å². The number of hydrogen-bond acceptors (Lipinski definition) is 6. The van der Waals surface area contributed by atoms with Gasteiger partial charge in [-0.1, -0.05) is 11.2 Å². The highest BCUT2D eigenvalue weighted by Crippen LogP contribution is 2.20. The van der Waals surface area contributed by atoms with Crippen molar-refractivity contribution in [3.63, 3.8) is 0 Å². The van der Waals surface area contributed by atoms with Crippen molar-refractivity contribution < 1.29 is 9.32 Å². The molecule has 23 heavy (non-hydrogen) atoms. The smallest absolute Gasteiger partial charge is 0.316 e. The van der Waals surface area contributed by atoms with E-state index in [4.69, 9.17) is 4.52 Å². The van der Waals surface area contributed by atoms with Crippen LogP contribution < -0.4 is 5.32 Å². The molecule has 0 aliphatic heterocycles. The second kappa shape index (κ2) is 6.63. The third-order valence-electron chi connectivity index (χ3n) is 3.25. The zero-order valence-corrected chi connectivity index (χ0v) is 14.9. The summed E-state index contributed by atoms with van der Waals surface area (Å²) in [7, 11) is 0. The Morgan fingerprint density at radius 2 is 2.30 bits per heavy atom. The van der Waals surface area contributed by atoms with Gasteiger partial charge in [-0.15, -0.1) is 11.3 Å². The quantitative estimate of drug-likeness (QED) is 0.717. The average molecular weight is 396 g/mol. The molecule has 0 unspecified atom stereocenters. The Bertz CT molecular complexity index is 824. The van der Waals surface area contributed by atoms with Crippen molar-refractivity contribution in [1.29, 1.82) is 0 Å². The molecule has 0 atom stereocenters. The maximum atomic E-state index is 12.0. The Balaban J connectivity index is 1.65. The van der Waals surface area contributed by atoms with E-state index in [0.29, 0.717) is 18.9 Å². The van der Waals surface area contributed by atoms with Crippen molar-refractivity contribution in [2.75, 3.05) is 0 Å². The molecule has 1 amide bonds. The highest BCUT2D eigenvalue weighted by Gasteiger charge is 2.17. The van der Waals surface area contributed by atoms with Crippen LogP contribution in [0.3, 0.4) is 0 Å². The number of aromatic nitrogens is 4. The fourth-order valence-electron chi connectivity index (χ4n) is 2.03. The van der Waals surface area contributed by atoms with Crippen LogP contribution in [0.2, 0.25) is 0 Å². The van der Waals surface area contributed by atoms with E-state index >= 15 is 0 Å². The summed E-state index contributed by atoms with van der Waals surface area (Å²) >= 11 is 5.05. The molecule has 1 N–H and O–H groups in total. The van der Waals surface area contributed by atoms with E-state index in [1.54, 1.807) is 16.0 Å². The number of nitrogens with zero attached hydrogens (tertiary/aromatic N) is 4. The molecular weight excluding hydrogens is 382 g/mol. The van der Waals surface area contributed by atoms with Gasteiger partial charge >= 0.3 is 11.8 Å². The molecule has 9 heteroatoms. The summed E-state index contributed by atoms with van der Waals surface area (Å²) in [6.45, 7) is 4.64. The highest BCUT2D eigenvalue weighted by molar-refractivity contribution is 9.10. The summed E-state index contributed by atoms with van der Waals surface area (Å²) in [6, 6.07) is 3.88. The Kier molecular flexibility index (Phi) is 4.58. The van der Waals surface area contributed by atoms with Crippen LogP contribution in [0.5, 0.6) is 0 Å². The molecule has 3 aromatic heterocycles. The Labute approximate surface area is 144 Å². The Hall–Kier alpha value is -2.00. The molecule has 0 aromatic carbocycles. The van der Waals surface area contributed by atoms with Gasteiger partial charge in [-0.25, -0.2) is 0 Å². The zero-order chi connectivity index (χ0) is 16.4. The van der Waals surface area contributed by atoms with Gasteiger partial charge in [0.2, 0.25) is 0 Å². The third kappa shape index (κ3) is 3.50. The molecule has 0 saturated heterocycles. The second-order valence-electron chi connectivity index (χ2n) is 4.92. The molecule has 3 rings (SSSR count). The van der Waals surface area contributed by atoms with Gasteiger partial charge in [0.1, 0.15) is 6.54 Å². The maximum absolute atomic E-state index is 12.0.